The number of benzene rings is 1. The van der Waals surface area contributed by atoms with Crippen LogP contribution < -0.4 is 5.69 Å². The molecule has 1 fully saturated rings. The second-order valence-corrected chi connectivity index (χ2v) is 5.29. The fourth-order valence-electron chi connectivity index (χ4n) is 2.63. The zero-order valence-electron chi connectivity index (χ0n) is 11.7. The molecule has 1 aromatic heterocycles. The van der Waals surface area contributed by atoms with Crippen molar-refractivity contribution in [3.05, 3.63) is 64.3 Å². The number of rotatable bonds is 4. The fraction of sp³-hybridized carbons (Fsp3) is 0.375. The Kier molecular flexibility index (Phi) is 4.13. The molecule has 5 nitrogen and oxygen atoms in total. The molecule has 1 aromatic carbocycles. The van der Waals surface area contributed by atoms with Crippen LogP contribution in [-0.4, -0.2) is 27.4 Å². The van der Waals surface area contributed by atoms with E-state index in [9.17, 15) is 4.79 Å². The fourth-order valence-corrected chi connectivity index (χ4v) is 2.63. The Bertz CT molecular complexity index is 654. The first kappa shape index (κ1) is 14.0. The maximum absolute atomic E-state index is 11.9. The number of nitrogens with zero attached hydrogens (tertiary/aromatic N) is 2. The van der Waals surface area contributed by atoms with Gasteiger partial charge in [-0.25, -0.2) is 9.78 Å². The van der Waals surface area contributed by atoms with E-state index >= 15 is 0 Å². The highest BCUT2D eigenvalue weighted by Crippen LogP contribution is 2.26. The van der Waals surface area contributed by atoms with Gasteiger partial charge in [0, 0.05) is 18.8 Å². The van der Waals surface area contributed by atoms with Crippen molar-refractivity contribution in [2.75, 3.05) is 6.61 Å². The third-order valence-corrected chi connectivity index (χ3v) is 3.72. The van der Waals surface area contributed by atoms with E-state index in [0.29, 0.717) is 0 Å². The van der Waals surface area contributed by atoms with Gasteiger partial charge in [0.2, 0.25) is 0 Å². The number of ether oxygens (including phenoxy) is 1. The summed E-state index contributed by atoms with van der Waals surface area (Å²) in [6.45, 7) is -0.0115. The summed E-state index contributed by atoms with van der Waals surface area (Å²) in [5, 5.41) is 9.12. The lowest BCUT2D eigenvalue weighted by atomic mass is 10.1. The number of aliphatic hydroxyl groups excluding tert-OH is 1. The van der Waals surface area contributed by atoms with Crippen molar-refractivity contribution in [3.63, 3.8) is 0 Å². The summed E-state index contributed by atoms with van der Waals surface area (Å²) in [6.07, 6.45) is 5.14. The lowest BCUT2D eigenvalue weighted by molar-refractivity contribution is -0.0246. The van der Waals surface area contributed by atoms with Gasteiger partial charge >= 0.3 is 5.69 Å². The van der Waals surface area contributed by atoms with Crippen LogP contribution in [-0.2, 0) is 11.2 Å². The first-order chi connectivity index (χ1) is 10.3. The van der Waals surface area contributed by atoms with Gasteiger partial charge in [0.15, 0.2) is 0 Å². The van der Waals surface area contributed by atoms with Crippen LogP contribution in [0.2, 0.25) is 0 Å². The maximum Gasteiger partial charge on any atom is 0.349 e. The van der Waals surface area contributed by atoms with E-state index in [1.807, 2.05) is 36.5 Å². The highest BCUT2D eigenvalue weighted by molar-refractivity contribution is 5.22. The molecule has 0 unspecified atom stereocenters. The van der Waals surface area contributed by atoms with E-state index in [0.717, 1.165) is 24.8 Å². The molecule has 1 saturated heterocycles. The van der Waals surface area contributed by atoms with Crippen LogP contribution in [0.3, 0.4) is 0 Å². The molecule has 2 aromatic rings. The number of aliphatic hydroxyl groups is 1. The minimum absolute atomic E-state index is 0.0115. The van der Waals surface area contributed by atoms with Crippen LogP contribution in [0.1, 0.15) is 30.2 Å². The van der Waals surface area contributed by atoms with Crippen LogP contribution in [0.15, 0.2) is 47.5 Å². The van der Waals surface area contributed by atoms with Gasteiger partial charge in [0.25, 0.3) is 0 Å². The van der Waals surface area contributed by atoms with Gasteiger partial charge < -0.3 is 9.84 Å². The van der Waals surface area contributed by atoms with Crippen LogP contribution in [0.4, 0.5) is 0 Å². The molecular formula is C16H18N2O3. The van der Waals surface area contributed by atoms with Crippen molar-refractivity contribution in [1.29, 1.82) is 0 Å². The van der Waals surface area contributed by atoms with Crippen molar-refractivity contribution in [2.45, 2.75) is 31.6 Å². The smallest absolute Gasteiger partial charge is 0.349 e. The second kappa shape index (κ2) is 6.20. The van der Waals surface area contributed by atoms with E-state index < -0.39 is 0 Å². The van der Waals surface area contributed by atoms with E-state index in [1.54, 1.807) is 6.20 Å². The first-order valence-corrected chi connectivity index (χ1v) is 7.13. The van der Waals surface area contributed by atoms with Crippen molar-refractivity contribution < 1.29 is 9.84 Å². The predicted molar refractivity (Wildman–Crippen MR) is 78.0 cm³/mol. The molecule has 0 saturated carbocycles. The van der Waals surface area contributed by atoms with Gasteiger partial charge in [-0.2, -0.15) is 0 Å². The van der Waals surface area contributed by atoms with Crippen molar-refractivity contribution in [2.24, 2.45) is 0 Å². The lowest BCUT2D eigenvalue weighted by Gasteiger charge is -2.15. The Balaban J connectivity index is 1.82. The Morgan fingerprint density at radius 1 is 1.24 bits per heavy atom. The molecule has 0 amide bonds. The van der Waals surface area contributed by atoms with Gasteiger partial charge in [-0.3, -0.25) is 4.57 Å². The zero-order valence-corrected chi connectivity index (χ0v) is 11.7. The molecular weight excluding hydrogens is 268 g/mol. The van der Waals surface area contributed by atoms with E-state index in [-0.39, 0.29) is 24.6 Å². The van der Waals surface area contributed by atoms with Gasteiger partial charge in [-0.15, -0.1) is 0 Å². The first-order valence-electron chi connectivity index (χ1n) is 7.13. The summed E-state index contributed by atoms with van der Waals surface area (Å²) in [5.41, 5.74) is 1.83. The average molecular weight is 286 g/mol. The van der Waals surface area contributed by atoms with Crippen molar-refractivity contribution >= 4 is 0 Å². The van der Waals surface area contributed by atoms with Crippen LogP contribution in [0, 0.1) is 0 Å². The molecule has 1 aliphatic heterocycles. The van der Waals surface area contributed by atoms with Crippen LogP contribution >= 0.6 is 0 Å². The van der Waals surface area contributed by atoms with E-state index in [1.165, 1.54) is 10.1 Å². The third kappa shape index (κ3) is 3.20. The van der Waals surface area contributed by atoms with Gasteiger partial charge in [0.05, 0.1) is 12.7 Å². The zero-order chi connectivity index (χ0) is 14.7. The lowest BCUT2D eigenvalue weighted by Crippen LogP contribution is -2.27. The predicted octanol–water partition coefficient (Wildman–Crippen LogP) is 1.50. The topological polar surface area (TPSA) is 64.4 Å². The molecule has 110 valence electrons. The second-order valence-electron chi connectivity index (χ2n) is 5.29. The monoisotopic (exact) mass is 286 g/mol. The molecule has 2 atom stereocenters. The highest BCUT2D eigenvalue weighted by Gasteiger charge is 2.26. The van der Waals surface area contributed by atoms with E-state index in [2.05, 4.69) is 4.98 Å². The Morgan fingerprint density at radius 2 is 2.05 bits per heavy atom. The van der Waals surface area contributed by atoms with E-state index in [4.69, 9.17) is 9.84 Å². The normalized spacial score (nSPS) is 21.6. The summed E-state index contributed by atoms with van der Waals surface area (Å²) < 4.78 is 7.19. The average Bonchev–Trinajstić information content (AvgIpc) is 2.99. The Labute approximate surface area is 122 Å². The highest BCUT2D eigenvalue weighted by atomic mass is 16.5. The molecule has 3 rings (SSSR count). The third-order valence-electron chi connectivity index (χ3n) is 3.72. The van der Waals surface area contributed by atoms with Crippen molar-refractivity contribution in [1.82, 2.24) is 9.55 Å². The minimum atomic E-state index is -0.321. The van der Waals surface area contributed by atoms with Gasteiger partial charge in [-0.1, -0.05) is 30.3 Å². The number of aromatic nitrogens is 2. The summed E-state index contributed by atoms with van der Waals surface area (Å²) in [5.74, 6) is 0. The summed E-state index contributed by atoms with van der Waals surface area (Å²) >= 11 is 0. The van der Waals surface area contributed by atoms with Crippen LogP contribution in [0.5, 0.6) is 0 Å². The minimum Gasteiger partial charge on any atom is -0.394 e. The quantitative estimate of drug-likeness (QED) is 0.925. The Morgan fingerprint density at radius 3 is 2.76 bits per heavy atom. The molecule has 0 bridgehead atoms. The SMILES string of the molecule is O=c1ncc(Cc2ccccc2)cn1[C@H]1CC[C@@H](CO)O1. The molecule has 1 aliphatic rings. The summed E-state index contributed by atoms with van der Waals surface area (Å²) in [4.78, 5) is 15.9. The molecule has 0 spiro atoms. The molecule has 1 N–H and O–H groups in total. The van der Waals surface area contributed by atoms with Gasteiger partial charge in [0.1, 0.15) is 6.23 Å². The van der Waals surface area contributed by atoms with Crippen LogP contribution in [0.25, 0.3) is 0 Å². The molecule has 0 aliphatic carbocycles. The number of hydrogen-bond acceptors (Lipinski definition) is 4. The Hall–Kier alpha value is -1.98. The summed E-state index contributed by atoms with van der Waals surface area (Å²) in [6, 6.07) is 10.0. The number of hydrogen-bond donors (Lipinski definition) is 1. The largest absolute Gasteiger partial charge is 0.394 e. The standard InChI is InChI=1S/C16H18N2O3/c19-11-14-6-7-15(21-14)18-10-13(9-17-16(18)20)8-12-4-2-1-3-5-12/h1-5,9-10,14-15,19H,6-8,11H2/t14-,15+/m0/s1. The molecule has 0 radical (unpaired) electrons. The molecule has 21 heavy (non-hydrogen) atoms. The molecule has 5 heteroatoms. The van der Waals surface area contributed by atoms with Crippen molar-refractivity contribution in [3.8, 4) is 0 Å². The summed E-state index contributed by atoms with van der Waals surface area (Å²) in [7, 11) is 0. The molecule has 2 heterocycles. The maximum atomic E-state index is 11.9. The van der Waals surface area contributed by atoms with Gasteiger partial charge in [-0.05, 0) is 24.0 Å².